The molecule has 1 fully saturated rings. The highest BCUT2D eigenvalue weighted by Gasteiger charge is 2.37. The molecule has 2 unspecified atom stereocenters. The summed E-state index contributed by atoms with van der Waals surface area (Å²) in [5, 5.41) is 3.24. The van der Waals surface area contributed by atoms with Gasteiger partial charge >= 0.3 is 0 Å². The zero-order valence-corrected chi connectivity index (χ0v) is 10.7. The molecule has 0 aromatic carbocycles. The number of nitrogens with one attached hydrogen (secondary N) is 1. The summed E-state index contributed by atoms with van der Waals surface area (Å²) >= 11 is 0. The van der Waals surface area contributed by atoms with E-state index in [-0.39, 0.29) is 23.7 Å². The van der Waals surface area contributed by atoms with E-state index in [1.165, 1.54) is 0 Å². The van der Waals surface area contributed by atoms with Gasteiger partial charge in [-0.3, -0.25) is 10.1 Å². The lowest BCUT2D eigenvalue weighted by molar-refractivity contribution is -0.131. The molecule has 1 amide bonds. The number of amides is 1. The van der Waals surface area contributed by atoms with Crippen LogP contribution in [-0.2, 0) is 4.79 Å². The van der Waals surface area contributed by atoms with E-state index in [0.717, 1.165) is 6.54 Å². The highest BCUT2D eigenvalue weighted by Crippen LogP contribution is 2.18. The van der Waals surface area contributed by atoms with E-state index in [1.54, 1.807) is 0 Å². The van der Waals surface area contributed by atoms with Gasteiger partial charge in [-0.05, 0) is 41.8 Å². The Hall–Kier alpha value is -0.610. The topological polar surface area (TPSA) is 35.6 Å². The molecule has 0 saturated carbocycles. The van der Waals surface area contributed by atoms with Gasteiger partial charge in [0.2, 0.25) is 5.91 Å². The summed E-state index contributed by atoms with van der Waals surface area (Å²) in [5.74, 6) is 0.206. The molecule has 1 rings (SSSR count). The van der Waals surface area contributed by atoms with Gasteiger partial charge in [-0.15, -0.1) is 0 Å². The van der Waals surface area contributed by atoms with Crippen molar-refractivity contribution in [1.82, 2.24) is 15.1 Å². The minimum absolute atomic E-state index is 0.00958. The first-order chi connectivity index (χ1) is 6.75. The molecule has 0 spiro atoms. The molecule has 4 heteroatoms. The van der Waals surface area contributed by atoms with E-state index in [9.17, 15) is 4.79 Å². The fraction of sp³-hybridized carbons (Fsp3) is 0.909. The van der Waals surface area contributed by atoms with Crippen LogP contribution in [0.4, 0.5) is 0 Å². The van der Waals surface area contributed by atoms with Crippen LogP contribution in [0.3, 0.4) is 0 Å². The summed E-state index contributed by atoms with van der Waals surface area (Å²) < 4.78 is 0. The first-order valence-corrected chi connectivity index (χ1v) is 5.49. The number of hydrogen-bond donors (Lipinski definition) is 1. The Morgan fingerprint density at radius 3 is 2.27 bits per heavy atom. The van der Waals surface area contributed by atoms with Gasteiger partial charge in [0.1, 0.15) is 0 Å². The minimum atomic E-state index is -0.0436. The van der Waals surface area contributed by atoms with Crippen LogP contribution in [0, 0.1) is 0 Å². The SMILES string of the molecule is CC1NC(C)N(CC(C)(C)N(C)C)C1=O. The Balaban J connectivity index is 2.70. The summed E-state index contributed by atoms with van der Waals surface area (Å²) in [6, 6.07) is -0.0436. The third-order valence-electron chi connectivity index (χ3n) is 3.38. The van der Waals surface area contributed by atoms with Crippen molar-refractivity contribution in [3.05, 3.63) is 0 Å². The highest BCUT2D eigenvalue weighted by molar-refractivity contribution is 5.83. The maximum absolute atomic E-state index is 11.9. The van der Waals surface area contributed by atoms with Crippen LogP contribution < -0.4 is 5.32 Å². The number of hydrogen-bond acceptors (Lipinski definition) is 3. The number of likely N-dealkylation sites (N-methyl/N-ethyl adjacent to an activating group) is 1. The van der Waals surface area contributed by atoms with E-state index in [4.69, 9.17) is 0 Å². The number of carbonyl (C=O) groups is 1. The average Bonchev–Trinajstić information content (AvgIpc) is 2.32. The van der Waals surface area contributed by atoms with Crippen molar-refractivity contribution < 1.29 is 4.79 Å². The largest absolute Gasteiger partial charge is 0.324 e. The highest BCUT2D eigenvalue weighted by atomic mass is 16.2. The van der Waals surface area contributed by atoms with Crippen LogP contribution in [0.2, 0.25) is 0 Å². The van der Waals surface area contributed by atoms with Gasteiger partial charge in [0.15, 0.2) is 0 Å². The number of nitrogens with zero attached hydrogens (tertiary/aromatic N) is 2. The van der Waals surface area contributed by atoms with Crippen LogP contribution in [0.1, 0.15) is 27.7 Å². The van der Waals surface area contributed by atoms with E-state index >= 15 is 0 Å². The van der Waals surface area contributed by atoms with E-state index in [1.807, 2.05) is 32.8 Å². The van der Waals surface area contributed by atoms with Crippen molar-refractivity contribution >= 4 is 5.91 Å². The average molecular weight is 213 g/mol. The quantitative estimate of drug-likeness (QED) is 0.741. The van der Waals surface area contributed by atoms with Crippen LogP contribution in [0.5, 0.6) is 0 Å². The van der Waals surface area contributed by atoms with Gasteiger partial charge in [0.25, 0.3) is 0 Å². The predicted molar refractivity (Wildman–Crippen MR) is 61.5 cm³/mol. The summed E-state index contributed by atoms with van der Waals surface area (Å²) in [7, 11) is 4.09. The molecule has 0 bridgehead atoms. The summed E-state index contributed by atoms with van der Waals surface area (Å²) in [6.45, 7) is 9.01. The van der Waals surface area contributed by atoms with Crippen LogP contribution in [0.25, 0.3) is 0 Å². The van der Waals surface area contributed by atoms with E-state index in [2.05, 4.69) is 24.1 Å². The predicted octanol–water partition coefficient (Wildman–Crippen LogP) is 0.493. The van der Waals surface area contributed by atoms with Gasteiger partial charge in [-0.2, -0.15) is 0 Å². The molecule has 0 radical (unpaired) electrons. The molecule has 1 saturated heterocycles. The van der Waals surface area contributed by atoms with Gasteiger partial charge in [-0.25, -0.2) is 0 Å². The normalized spacial score (nSPS) is 27.9. The summed E-state index contributed by atoms with van der Waals surface area (Å²) in [4.78, 5) is 15.9. The standard InChI is InChI=1S/C11H23N3O/c1-8-10(15)14(9(2)12-8)7-11(3,4)13(5)6/h8-9,12H,7H2,1-6H3. The molecule has 4 nitrogen and oxygen atoms in total. The van der Waals surface area contributed by atoms with Crippen molar-refractivity contribution in [3.8, 4) is 0 Å². The molecule has 1 aliphatic heterocycles. The van der Waals surface area contributed by atoms with Crippen molar-refractivity contribution in [2.45, 2.75) is 45.4 Å². The Morgan fingerprint density at radius 2 is 1.93 bits per heavy atom. The van der Waals surface area contributed by atoms with Crippen molar-refractivity contribution in [1.29, 1.82) is 0 Å². The smallest absolute Gasteiger partial charge is 0.240 e. The number of carbonyl (C=O) groups excluding carboxylic acids is 1. The molecule has 88 valence electrons. The minimum Gasteiger partial charge on any atom is -0.324 e. The molecule has 1 aliphatic rings. The third-order valence-corrected chi connectivity index (χ3v) is 3.38. The lowest BCUT2D eigenvalue weighted by Gasteiger charge is -2.37. The zero-order valence-electron chi connectivity index (χ0n) is 10.7. The zero-order chi connectivity index (χ0) is 11.8. The van der Waals surface area contributed by atoms with Crippen molar-refractivity contribution in [2.75, 3.05) is 20.6 Å². The Morgan fingerprint density at radius 1 is 1.40 bits per heavy atom. The number of rotatable bonds is 3. The Bertz CT molecular complexity index is 250. The van der Waals surface area contributed by atoms with Crippen LogP contribution in [0.15, 0.2) is 0 Å². The van der Waals surface area contributed by atoms with Gasteiger partial charge in [-0.1, -0.05) is 0 Å². The molecule has 0 aliphatic carbocycles. The lowest BCUT2D eigenvalue weighted by Crippen LogP contribution is -2.51. The molecule has 0 aromatic heterocycles. The molecule has 15 heavy (non-hydrogen) atoms. The van der Waals surface area contributed by atoms with E-state index in [0.29, 0.717) is 0 Å². The molecule has 0 aromatic rings. The summed E-state index contributed by atoms with van der Waals surface area (Å²) in [5.41, 5.74) is 0.00958. The fourth-order valence-corrected chi connectivity index (χ4v) is 1.74. The van der Waals surface area contributed by atoms with Crippen LogP contribution in [-0.4, -0.2) is 54.1 Å². The van der Waals surface area contributed by atoms with E-state index < -0.39 is 0 Å². The van der Waals surface area contributed by atoms with Gasteiger partial charge < -0.3 is 9.80 Å². The molecular weight excluding hydrogens is 190 g/mol. The summed E-state index contributed by atoms with van der Waals surface area (Å²) in [6.07, 6.45) is 0.145. The monoisotopic (exact) mass is 213 g/mol. The molecule has 2 atom stereocenters. The lowest BCUT2D eigenvalue weighted by atomic mass is 10.0. The third kappa shape index (κ3) is 2.49. The maximum atomic E-state index is 11.9. The maximum Gasteiger partial charge on any atom is 0.240 e. The fourth-order valence-electron chi connectivity index (χ4n) is 1.74. The second kappa shape index (κ2) is 4.10. The molecular formula is C11H23N3O. The Kier molecular flexibility index (Phi) is 3.41. The second-order valence-electron chi connectivity index (χ2n) is 5.24. The second-order valence-corrected chi connectivity index (χ2v) is 5.24. The van der Waals surface area contributed by atoms with Crippen molar-refractivity contribution in [3.63, 3.8) is 0 Å². The molecule has 1 heterocycles. The van der Waals surface area contributed by atoms with Gasteiger partial charge in [0.05, 0.1) is 12.2 Å². The van der Waals surface area contributed by atoms with Crippen molar-refractivity contribution in [2.24, 2.45) is 0 Å². The first kappa shape index (κ1) is 12.5. The Labute approximate surface area is 92.6 Å². The van der Waals surface area contributed by atoms with Crippen LogP contribution >= 0.6 is 0 Å². The molecule has 1 N–H and O–H groups in total. The first-order valence-electron chi connectivity index (χ1n) is 5.49. The van der Waals surface area contributed by atoms with Gasteiger partial charge in [0, 0.05) is 12.1 Å².